The lowest BCUT2D eigenvalue weighted by molar-refractivity contribution is 0.161. The van der Waals surface area contributed by atoms with Crippen molar-refractivity contribution in [2.45, 2.75) is 11.4 Å². The first-order valence-corrected chi connectivity index (χ1v) is 7.52. The lowest BCUT2D eigenvalue weighted by Crippen LogP contribution is -2.29. The number of carbonyl (C=O) groups excluding carboxylic acids is 1. The van der Waals surface area contributed by atoms with E-state index in [0.29, 0.717) is 12.3 Å². The molecule has 0 bridgehead atoms. The van der Waals surface area contributed by atoms with Crippen molar-refractivity contribution >= 4 is 17.9 Å². The van der Waals surface area contributed by atoms with E-state index in [4.69, 9.17) is 4.74 Å². The van der Waals surface area contributed by atoms with Gasteiger partial charge in [0.15, 0.2) is 0 Å². The zero-order valence-electron chi connectivity index (χ0n) is 11.6. The summed E-state index contributed by atoms with van der Waals surface area (Å²) in [7, 11) is 1.73. The fraction of sp³-hybridized carbons (Fsp3) is 0.188. The number of ether oxygens (including phenoxy) is 1. The molecule has 2 aromatic carbocycles. The third-order valence-electron chi connectivity index (χ3n) is 2.84. The Hall–Kier alpha value is -1.94. The molecule has 0 saturated heterocycles. The van der Waals surface area contributed by atoms with Crippen LogP contribution in [0.2, 0.25) is 0 Å². The molecule has 0 aromatic heterocycles. The number of thioether (sulfide) groups is 1. The summed E-state index contributed by atoms with van der Waals surface area (Å²) in [4.78, 5) is 14.7. The third kappa shape index (κ3) is 4.03. The maximum Gasteiger partial charge on any atom is 0.415 e. The summed E-state index contributed by atoms with van der Waals surface area (Å²) in [5, 5.41) is 0. The summed E-state index contributed by atoms with van der Waals surface area (Å²) in [6.07, 6.45) is 1.68. The molecule has 2 aromatic rings. The van der Waals surface area contributed by atoms with Crippen LogP contribution in [0.5, 0.6) is 5.75 Å². The molecule has 0 fully saturated rings. The maximum absolute atomic E-state index is 11.9. The molecule has 0 unspecified atom stereocenters. The van der Waals surface area contributed by atoms with E-state index in [1.54, 1.807) is 35.8 Å². The van der Waals surface area contributed by atoms with E-state index in [9.17, 15) is 4.79 Å². The molecule has 0 aliphatic heterocycles. The molecule has 0 aliphatic carbocycles. The molecule has 0 heterocycles. The molecule has 2 rings (SSSR count). The van der Waals surface area contributed by atoms with Crippen molar-refractivity contribution in [3.63, 3.8) is 0 Å². The molecule has 0 radical (unpaired) electrons. The molecule has 4 heteroatoms. The van der Waals surface area contributed by atoms with Gasteiger partial charge in [0, 0.05) is 18.5 Å². The van der Waals surface area contributed by atoms with E-state index in [0.717, 1.165) is 5.56 Å². The van der Waals surface area contributed by atoms with Crippen molar-refractivity contribution in [3.8, 4) is 5.75 Å². The fourth-order valence-electron chi connectivity index (χ4n) is 1.74. The van der Waals surface area contributed by atoms with E-state index in [1.807, 2.05) is 36.6 Å². The van der Waals surface area contributed by atoms with Crippen LogP contribution in [-0.2, 0) is 6.54 Å². The summed E-state index contributed by atoms with van der Waals surface area (Å²) in [6.45, 7) is 0.528. The lowest BCUT2D eigenvalue weighted by atomic mass is 10.2. The van der Waals surface area contributed by atoms with Gasteiger partial charge in [-0.25, -0.2) is 4.79 Å². The smallest absolute Gasteiger partial charge is 0.410 e. The Morgan fingerprint density at radius 1 is 1.10 bits per heavy atom. The lowest BCUT2D eigenvalue weighted by Gasteiger charge is -2.17. The third-order valence-corrected chi connectivity index (χ3v) is 3.58. The molecule has 20 heavy (non-hydrogen) atoms. The van der Waals surface area contributed by atoms with Crippen LogP contribution in [0.25, 0.3) is 0 Å². The summed E-state index contributed by atoms with van der Waals surface area (Å²) in [5.74, 6) is 0.557. The molecular weight excluding hydrogens is 270 g/mol. The van der Waals surface area contributed by atoms with Gasteiger partial charge in [0.1, 0.15) is 5.75 Å². The summed E-state index contributed by atoms with van der Waals surface area (Å²) < 4.78 is 5.28. The second kappa shape index (κ2) is 7.01. The van der Waals surface area contributed by atoms with Crippen LogP contribution in [-0.4, -0.2) is 24.3 Å². The van der Waals surface area contributed by atoms with Gasteiger partial charge in [0.25, 0.3) is 0 Å². The SMILES string of the molecule is CSc1ccc(CN(C)C(=O)Oc2ccccc2)cc1. The predicted molar refractivity (Wildman–Crippen MR) is 82.2 cm³/mol. The van der Waals surface area contributed by atoms with E-state index in [2.05, 4.69) is 12.1 Å². The van der Waals surface area contributed by atoms with Crippen LogP contribution in [0.4, 0.5) is 4.79 Å². The van der Waals surface area contributed by atoms with E-state index in [1.165, 1.54) is 4.90 Å². The first-order valence-electron chi connectivity index (χ1n) is 6.30. The molecule has 0 spiro atoms. The van der Waals surface area contributed by atoms with Gasteiger partial charge in [-0.05, 0) is 36.1 Å². The Bertz CT molecular complexity index is 554. The van der Waals surface area contributed by atoms with E-state index < -0.39 is 0 Å². The molecule has 104 valence electrons. The van der Waals surface area contributed by atoms with Gasteiger partial charge in [0.05, 0.1) is 0 Å². The molecule has 0 atom stereocenters. The van der Waals surface area contributed by atoms with Crippen LogP contribution in [0.15, 0.2) is 59.5 Å². The monoisotopic (exact) mass is 287 g/mol. The van der Waals surface area contributed by atoms with E-state index in [-0.39, 0.29) is 6.09 Å². The average Bonchev–Trinajstić information content (AvgIpc) is 2.49. The van der Waals surface area contributed by atoms with Crippen LogP contribution in [0.3, 0.4) is 0 Å². The highest BCUT2D eigenvalue weighted by molar-refractivity contribution is 7.98. The minimum atomic E-state index is -0.356. The van der Waals surface area contributed by atoms with Crippen molar-refractivity contribution in [2.75, 3.05) is 13.3 Å². The number of nitrogens with zero attached hydrogens (tertiary/aromatic N) is 1. The van der Waals surface area contributed by atoms with Crippen LogP contribution in [0, 0.1) is 0 Å². The Labute approximate surface area is 123 Å². The van der Waals surface area contributed by atoms with Gasteiger partial charge in [0.2, 0.25) is 0 Å². The van der Waals surface area contributed by atoms with Crippen molar-refractivity contribution < 1.29 is 9.53 Å². The molecular formula is C16H17NO2S. The van der Waals surface area contributed by atoms with Crippen LogP contribution < -0.4 is 4.74 Å². The van der Waals surface area contributed by atoms with Crippen molar-refractivity contribution in [3.05, 3.63) is 60.2 Å². The zero-order valence-corrected chi connectivity index (χ0v) is 12.4. The zero-order chi connectivity index (χ0) is 14.4. The van der Waals surface area contributed by atoms with Gasteiger partial charge in [-0.2, -0.15) is 0 Å². The Balaban J connectivity index is 1.93. The van der Waals surface area contributed by atoms with Crippen molar-refractivity contribution in [1.29, 1.82) is 0 Å². The molecule has 0 saturated carbocycles. The Kier molecular flexibility index (Phi) is 5.07. The first kappa shape index (κ1) is 14.5. The molecule has 3 nitrogen and oxygen atoms in total. The minimum Gasteiger partial charge on any atom is -0.410 e. The highest BCUT2D eigenvalue weighted by Gasteiger charge is 2.11. The molecule has 0 aliphatic rings. The summed E-state index contributed by atoms with van der Waals surface area (Å²) >= 11 is 1.70. The standard InChI is InChI=1S/C16H17NO2S/c1-17(12-13-8-10-15(20-2)11-9-13)16(18)19-14-6-4-3-5-7-14/h3-11H,12H2,1-2H3. The van der Waals surface area contributed by atoms with Gasteiger partial charge >= 0.3 is 6.09 Å². The number of para-hydroxylation sites is 1. The predicted octanol–water partition coefficient (Wildman–Crippen LogP) is 4.04. The van der Waals surface area contributed by atoms with Gasteiger partial charge in [-0.15, -0.1) is 11.8 Å². The van der Waals surface area contributed by atoms with Gasteiger partial charge in [-0.1, -0.05) is 30.3 Å². The largest absolute Gasteiger partial charge is 0.415 e. The van der Waals surface area contributed by atoms with Crippen LogP contribution >= 0.6 is 11.8 Å². The Morgan fingerprint density at radius 2 is 1.75 bits per heavy atom. The fourth-order valence-corrected chi connectivity index (χ4v) is 2.14. The normalized spacial score (nSPS) is 10.1. The van der Waals surface area contributed by atoms with Gasteiger partial charge in [-0.3, -0.25) is 0 Å². The van der Waals surface area contributed by atoms with E-state index >= 15 is 0 Å². The number of hydrogen-bond donors (Lipinski definition) is 0. The number of hydrogen-bond acceptors (Lipinski definition) is 3. The first-order chi connectivity index (χ1) is 9.69. The molecule has 1 amide bonds. The molecule has 0 N–H and O–H groups in total. The maximum atomic E-state index is 11.9. The van der Waals surface area contributed by atoms with Crippen LogP contribution in [0.1, 0.15) is 5.56 Å². The Morgan fingerprint density at radius 3 is 2.35 bits per heavy atom. The van der Waals surface area contributed by atoms with Crippen molar-refractivity contribution in [1.82, 2.24) is 4.90 Å². The minimum absolute atomic E-state index is 0.356. The average molecular weight is 287 g/mol. The summed E-state index contributed by atoms with van der Waals surface area (Å²) in [6, 6.07) is 17.2. The number of carbonyl (C=O) groups is 1. The van der Waals surface area contributed by atoms with Gasteiger partial charge < -0.3 is 9.64 Å². The topological polar surface area (TPSA) is 29.5 Å². The highest BCUT2D eigenvalue weighted by Crippen LogP contribution is 2.16. The number of rotatable bonds is 4. The second-order valence-electron chi connectivity index (χ2n) is 4.39. The number of amides is 1. The quantitative estimate of drug-likeness (QED) is 0.795. The van der Waals surface area contributed by atoms with Crippen molar-refractivity contribution in [2.24, 2.45) is 0 Å². The summed E-state index contributed by atoms with van der Waals surface area (Å²) in [5.41, 5.74) is 1.08. The highest BCUT2D eigenvalue weighted by atomic mass is 32.2. The number of benzene rings is 2. The second-order valence-corrected chi connectivity index (χ2v) is 5.26.